The molecule has 0 unspecified atom stereocenters. The van der Waals surface area contributed by atoms with Crippen molar-refractivity contribution in [2.75, 3.05) is 0 Å². The molecule has 0 radical (unpaired) electrons. The van der Waals surface area contributed by atoms with E-state index in [0.717, 1.165) is 44.5 Å². The molecule has 0 bridgehead atoms. The normalized spacial score (nSPS) is 9.55. The van der Waals surface area contributed by atoms with Crippen LogP contribution in [0.1, 0.15) is 58.4 Å². The van der Waals surface area contributed by atoms with Crippen LogP contribution in [0.2, 0.25) is 0 Å². The largest absolute Gasteiger partial charge is 0.461 e. The fraction of sp³-hybridized carbons (Fsp3) is 0.111. The van der Waals surface area contributed by atoms with Crippen LogP contribution in [0, 0.1) is 35.5 Å². The lowest BCUT2D eigenvalue weighted by Crippen LogP contribution is -1.98. The average molecular weight is 523 g/mol. The van der Waals surface area contributed by atoms with Gasteiger partial charge in [-0.05, 0) is 59.7 Å². The Bertz CT molecular complexity index is 1570. The van der Waals surface area contributed by atoms with E-state index in [2.05, 4.69) is 35.5 Å². The molecular formula is C36H26O4. The summed E-state index contributed by atoms with van der Waals surface area (Å²) in [4.78, 5) is 22.0. The van der Waals surface area contributed by atoms with Gasteiger partial charge in [0.05, 0.1) is 0 Å². The maximum Gasteiger partial charge on any atom is 0.302 e. The molecule has 0 fully saturated rings. The minimum atomic E-state index is -0.305. The average Bonchev–Trinajstić information content (AvgIpc) is 2.97. The fourth-order valence-electron chi connectivity index (χ4n) is 3.55. The lowest BCUT2D eigenvalue weighted by molar-refractivity contribution is -0.143. The Labute approximate surface area is 235 Å². The molecule has 0 spiro atoms. The first-order valence-electron chi connectivity index (χ1n) is 12.6. The van der Waals surface area contributed by atoms with Crippen LogP contribution in [0.25, 0.3) is 0 Å². The minimum absolute atomic E-state index is 0.247. The molecule has 0 N–H and O–H groups in total. The van der Waals surface area contributed by atoms with Crippen molar-refractivity contribution < 1.29 is 19.1 Å². The van der Waals surface area contributed by atoms with Gasteiger partial charge in [-0.3, -0.25) is 9.59 Å². The molecule has 4 nitrogen and oxygen atoms in total. The van der Waals surface area contributed by atoms with E-state index in [1.165, 1.54) is 13.8 Å². The van der Waals surface area contributed by atoms with E-state index in [1.807, 2.05) is 97.1 Å². The van der Waals surface area contributed by atoms with Gasteiger partial charge in [-0.25, -0.2) is 0 Å². The molecular weight excluding hydrogens is 496 g/mol. The molecule has 0 saturated carbocycles. The molecule has 0 aromatic heterocycles. The second-order valence-corrected chi connectivity index (χ2v) is 8.80. The van der Waals surface area contributed by atoms with Crippen molar-refractivity contribution in [3.8, 4) is 35.5 Å². The van der Waals surface area contributed by atoms with Crippen LogP contribution < -0.4 is 0 Å². The maximum absolute atomic E-state index is 11.0. The van der Waals surface area contributed by atoms with Gasteiger partial charge < -0.3 is 9.47 Å². The predicted molar refractivity (Wildman–Crippen MR) is 155 cm³/mol. The van der Waals surface area contributed by atoms with Gasteiger partial charge in [-0.1, -0.05) is 84.1 Å². The van der Waals surface area contributed by atoms with Gasteiger partial charge in [0.2, 0.25) is 0 Å². The van der Waals surface area contributed by atoms with Crippen molar-refractivity contribution in [2.24, 2.45) is 0 Å². The summed E-state index contributed by atoms with van der Waals surface area (Å²) >= 11 is 0. The van der Waals surface area contributed by atoms with Crippen molar-refractivity contribution in [2.45, 2.75) is 27.1 Å². The predicted octanol–water partition coefficient (Wildman–Crippen LogP) is 6.01. The van der Waals surface area contributed by atoms with Crippen LogP contribution in [0.3, 0.4) is 0 Å². The first kappa shape index (κ1) is 27.5. The summed E-state index contributed by atoms with van der Waals surface area (Å²) in [5.41, 5.74) is 6.84. The van der Waals surface area contributed by atoms with Crippen LogP contribution in [-0.2, 0) is 32.3 Å². The molecule has 4 heteroatoms. The van der Waals surface area contributed by atoms with E-state index in [9.17, 15) is 9.59 Å². The van der Waals surface area contributed by atoms with E-state index >= 15 is 0 Å². The van der Waals surface area contributed by atoms with E-state index in [0.29, 0.717) is 0 Å². The first-order chi connectivity index (χ1) is 19.5. The molecule has 0 saturated heterocycles. The third kappa shape index (κ3) is 8.53. The van der Waals surface area contributed by atoms with E-state index in [1.54, 1.807) is 0 Å². The van der Waals surface area contributed by atoms with Crippen LogP contribution in [0.4, 0.5) is 0 Å². The number of ether oxygens (including phenoxy) is 2. The number of benzene rings is 4. The second kappa shape index (κ2) is 13.9. The van der Waals surface area contributed by atoms with Crippen molar-refractivity contribution in [3.05, 3.63) is 142 Å². The Balaban J connectivity index is 1.51. The minimum Gasteiger partial charge on any atom is -0.461 e. The monoisotopic (exact) mass is 522 g/mol. The summed E-state index contributed by atoms with van der Waals surface area (Å²) in [7, 11) is 0. The Morgan fingerprint density at radius 3 is 1.07 bits per heavy atom. The summed E-state index contributed by atoms with van der Waals surface area (Å²) in [6.07, 6.45) is 0. The third-order valence-corrected chi connectivity index (χ3v) is 5.66. The van der Waals surface area contributed by atoms with Gasteiger partial charge in [0.1, 0.15) is 13.2 Å². The van der Waals surface area contributed by atoms with E-state index < -0.39 is 0 Å². The van der Waals surface area contributed by atoms with E-state index in [-0.39, 0.29) is 25.2 Å². The maximum atomic E-state index is 11.0. The molecule has 4 rings (SSSR count). The number of esters is 2. The van der Waals surface area contributed by atoms with Gasteiger partial charge in [0.25, 0.3) is 0 Å². The Kier molecular flexibility index (Phi) is 9.55. The summed E-state index contributed by atoms with van der Waals surface area (Å²) in [6.45, 7) is 3.28. The van der Waals surface area contributed by atoms with Gasteiger partial charge in [0.15, 0.2) is 0 Å². The molecule has 0 aliphatic rings. The molecule has 4 aromatic rings. The highest BCUT2D eigenvalue weighted by Crippen LogP contribution is 2.11. The molecule has 194 valence electrons. The van der Waals surface area contributed by atoms with Crippen molar-refractivity contribution >= 4 is 11.9 Å². The zero-order valence-corrected chi connectivity index (χ0v) is 22.3. The number of rotatable bonds is 4. The van der Waals surface area contributed by atoms with Gasteiger partial charge in [-0.2, -0.15) is 0 Å². The van der Waals surface area contributed by atoms with Crippen LogP contribution in [0.15, 0.2) is 97.1 Å². The zero-order chi connectivity index (χ0) is 28.2. The van der Waals surface area contributed by atoms with Gasteiger partial charge in [0, 0.05) is 47.2 Å². The molecule has 4 aromatic carbocycles. The number of carbonyl (C=O) groups excluding carboxylic acids is 2. The molecule has 0 aliphatic carbocycles. The SMILES string of the molecule is CC(=O)OCc1ccc(C#Cc2ccccc2C#Cc2ccccc2C#Cc2ccc(COC(C)=O)cc2)cc1. The summed E-state index contributed by atoms with van der Waals surface area (Å²) in [5, 5.41) is 0. The summed E-state index contributed by atoms with van der Waals surface area (Å²) < 4.78 is 10.1. The van der Waals surface area contributed by atoms with Crippen LogP contribution in [0.5, 0.6) is 0 Å². The van der Waals surface area contributed by atoms with Crippen LogP contribution >= 0.6 is 0 Å². The molecule has 0 atom stereocenters. The lowest BCUT2D eigenvalue weighted by Gasteiger charge is -2.01. The Morgan fingerprint density at radius 1 is 0.475 bits per heavy atom. The smallest absolute Gasteiger partial charge is 0.302 e. The van der Waals surface area contributed by atoms with Gasteiger partial charge in [-0.15, -0.1) is 0 Å². The number of hydrogen-bond donors (Lipinski definition) is 0. The Hall–Kier alpha value is -5.50. The molecule has 0 aliphatic heterocycles. The van der Waals surface area contributed by atoms with Crippen LogP contribution in [-0.4, -0.2) is 11.9 Å². The highest BCUT2D eigenvalue weighted by Gasteiger charge is 2.00. The topological polar surface area (TPSA) is 52.6 Å². The third-order valence-electron chi connectivity index (χ3n) is 5.66. The first-order valence-corrected chi connectivity index (χ1v) is 12.6. The highest BCUT2D eigenvalue weighted by molar-refractivity contribution is 5.66. The van der Waals surface area contributed by atoms with Crippen molar-refractivity contribution in [1.29, 1.82) is 0 Å². The molecule has 40 heavy (non-hydrogen) atoms. The van der Waals surface area contributed by atoms with Gasteiger partial charge >= 0.3 is 11.9 Å². The number of hydrogen-bond acceptors (Lipinski definition) is 4. The quantitative estimate of drug-likeness (QED) is 0.243. The Morgan fingerprint density at radius 2 is 0.775 bits per heavy atom. The highest BCUT2D eigenvalue weighted by atomic mass is 16.5. The lowest BCUT2D eigenvalue weighted by atomic mass is 10.0. The summed E-state index contributed by atoms with van der Waals surface area (Å²) in [5.74, 6) is 18.7. The van der Waals surface area contributed by atoms with Crippen molar-refractivity contribution in [3.63, 3.8) is 0 Å². The second-order valence-electron chi connectivity index (χ2n) is 8.80. The number of carbonyl (C=O) groups is 2. The fourth-order valence-corrected chi connectivity index (χ4v) is 3.55. The standard InChI is InChI=1S/C36H26O4/c1-27(37)39-25-31-15-11-29(12-16-31)19-21-33-7-3-5-9-35(33)23-24-36-10-6-4-8-34(36)22-20-30-13-17-32(18-14-30)26-40-28(2)38/h3-18H,25-26H2,1-2H3. The van der Waals surface area contributed by atoms with Crippen molar-refractivity contribution in [1.82, 2.24) is 0 Å². The molecule has 0 heterocycles. The summed E-state index contributed by atoms with van der Waals surface area (Å²) in [6, 6.07) is 30.8. The zero-order valence-electron chi connectivity index (χ0n) is 22.3. The molecule has 0 amide bonds. The van der Waals surface area contributed by atoms with E-state index in [4.69, 9.17) is 9.47 Å².